The Labute approximate surface area is 172 Å². The number of halogens is 2. The maximum Gasteiger partial charge on any atom is 0.387 e. The highest BCUT2D eigenvalue weighted by atomic mass is 19.3. The van der Waals surface area contributed by atoms with E-state index >= 15 is 0 Å². The Morgan fingerprint density at radius 3 is 2.47 bits per heavy atom. The zero-order valence-corrected chi connectivity index (χ0v) is 16.5. The molecule has 0 aliphatic carbocycles. The van der Waals surface area contributed by atoms with Crippen LogP contribution in [0.3, 0.4) is 0 Å². The molecule has 1 saturated heterocycles. The summed E-state index contributed by atoms with van der Waals surface area (Å²) in [5, 5.41) is 3.94. The van der Waals surface area contributed by atoms with Gasteiger partial charge in [0.15, 0.2) is 0 Å². The van der Waals surface area contributed by atoms with Crippen LogP contribution < -0.4 is 14.4 Å². The molecule has 1 aromatic heterocycles. The molecule has 0 unspecified atom stereocenters. The van der Waals surface area contributed by atoms with Crippen molar-refractivity contribution in [2.45, 2.75) is 13.2 Å². The Morgan fingerprint density at radius 2 is 1.77 bits per heavy atom. The average Bonchev–Trinajstić information content (AvgIpc) is 3.22. The normalized spacial score (nSPS) is 14.9. The molecule has 4 rings (SSSR count). The van der Waals surface area contributed by atoms with Gasteiger partial charge in [-0.05, 0) is 36.4 Å². The SMILES string of the molecule is COc1ccc(N2CCN(Cc3nc(-c4ccccc4OC(F)F)no3)CC2)cc1. The summed E-state index contributed by atoms with van der Waals surface area (Å²) in [4.78, 5) is 8.90. The van der Waals surface area contributed by atoms with Gasteiger partial charge in [0.1, 0.15) is 11.5 Å². The maximum atomic E-state index is 12.6. The Bertz CT molecular complexity index is 957. The zero-order chi connectivity index (χ0) is 20.9. The first-order valence-corrected chi connectivity index (χ1v) is 9.60. The number of hydrogen-bond donors (Lipinski definition) is 0. The van der Waals surface area contributed by atoms with Crippen molar-refractivity contribution >= 4 is 5.69 Å². The van der Waals surface area contributed by atoms with Gasteiger partial charge in [-0.2, -0.15) is 13.8 Å². The van der Waals surface area contributed by atoms with E-state index in [0.717, 1.165) is 37.6 Å². The molecule has 0 atom stereocenters. The van der Waals surface area contributed by atoms with Gasteiger partial charge in [-0.15, -0.1) is 0 Å². The van der Waals surface area contributed by atoms with E-state index < -0.39 is 6.61 Å². The van der Waals surface area contributed by atoms with Gasteiger partial charge < -0.3 is 18.9 Å². The molecule has 1 fully saturated rings. The fourth-order valence-electron chi connectivity index (χ4n) is 3.43. The van der Waals surface area contributed by atoms with E-state index in [9.17, 15) is 8.78 Å². The molecule has 7 nitrogen and oxygen atoms in total. The number of aromatic nitrogens is 2. The first-order chi connectivity index (χ1) is 14.6. The van der Waals surface area contributed by atoms with Gasteiger partial charge in [-0.25, -0.2) is 0 Å². The number of nitrogens with zero attached hydrogens (tertiary/aromatic N) is 4. The Hall–Kier alpha value is -3.20. The van der Waals surface area contributed by atoms with Crippen molar-refractivity contribution in [3.05, 3.63) is 54.4 Å². The molecule has 0 saturated carbocycles. The quantitative estimate of drug-likeness (QED) is 0.582. The zero-order valence-electron chi connectivity index (χ0n) is 16.5. The van der Waals surface area contributed by atoms with E-state index in [2.05, 4.69) is 36.8 Å². The standard InChI is InChI=1S/C21H22F2N4O3/c1-28-16-8-6-15(7-9-16)27-12-10-26(11-13-27)14-19-24-20(25-30-19)17-4-2-3-5-18(17)29-21(22)23/h2-9,21H,10-14H2,1H3. The van der Waals surface area contributed by atoms with E-state index in [1.54, 1.807) is 25.3 Å². The fourth-order valence-corrected chi connectivity index (χ4v) is 3.43. The van der Waals surface area contributed by atoms with Crippen LogP contribution in [0.1, 0.15) is 5.89 Å². The molecule has 2 aromatic carbocycles. The van der Waals surface area contributed by atoms with Crippen molar-refractivity contribution in [2.75, 3.05) is 38.2 Å². The van der Waals surface area contributed by atoms with Crippen molar-refractivity contribution in [3.63, 3.8) is 0 Å². The number of alkyl halides is 2. The number of hydrogen-bond acceptors (Lipinski definition) is 7. The highest BCUT2D eigenvalue weighted by Crippen LogP contribution is 2.29. The van der Waals surface area contributed by atoms with Crippen LogP contribution in [-0.2, 0) is 6.54 Å². The van der Waals surface area contributed by atoms with Crippen LogP contribution in [0.2, 0.25) is 0 Å². The molecule has 0 radical (unpaired) electrons. The lowest BCUT2D eigenvalue weighted by Crippen LogP contribution is -2.46. The average molecular weight is 416 g/mol. The minimum atomic E-state index is -2.92. The van der Waals surface area contributed by atoms with Crippen LogP contribution in [0.4, 0.5) is 14.5 Å². The monoisotopic (exact) mass is 416 g/mol. The number of ether oxygens (including phenoxy) is 2. The van der Waals surface area contributed by atoms with Gasteiger partial charge in [-0.3, -0.25) is 4.90 Å². The first-order valence-electron chi connectivity index (χ1n) is 9.60. The maximum absolute atomic E-state index is 12.6. The minimum absolute atomic E-state index is 0.0213. The van der Waals surface area contributed by atoms with E-state index in [1.807, 2.05) is 12.1 Å². The molecule has 9 heteroatoms. The van der Waals surface area contributed by atoms with E-state index in [-0.39, 0.29) is 11.6 Å². The lowest BCUT2D eigenvalue weighted by molar-refractivity contribution is -0.0494. The molecule has 0 spiro atoms. The first kappa shape index (κ1) is 20.1. The topological polar surface area (TPSA) is 63.9 Å². The third kappa shape index (κ3) is 4.68. The van der Waals surface area contributed by atoms with Crippen molar-refractivity contribution < 1.29 is 22.8 Å². The second kappa shape index (κ2) is 9.08. The summed E-state index contributed by atoms with van der Waals surface area (Å²) >= 11 is 0. The Balaban J connectivity index is 1.36. The summed E-state index contributed by atoms with van der Waals surface area (Å²) in [6, 6.07) is 14.4. The van der Waals surface area contributed by atoms with Crippen molar-refractivity contribution in [2.24, 2.45) is 0 Å². The highest BCUT2D eigenvalue weighted by Gasteiger charge is 2.21. The van der Waals surface area contributed by atoms with Crippen molar-refractivity contribution in [3.8, 4) is 22.9 Å². The summed E-state index contributed by atoms with van der Waals surface area (Å²) < 4.78 is 40.3. The molecular weight excluding hydrogens is 394 g/mol. The van der Waals surface area contributed by atoms with Crippen molar-refractivity contribution in [1.29, 1.82) is 0 Å². The molecule has 30 heavy (non-hydrogen) atoms. The molecular formula is C21H22F2N4O3. The van der Waals surface area contributed by atoms with Gasteiger partial charge >= 0.3 is 6.61 Å². The summed E-state index contributed by atoms with van der Waals surface area (Å²) in [5.74, 6) is 1.53. The van der Waals surface area contributed by atoms with E-state index in [4.69, 9.17) is 9.26 Å². The Morgan fingerprint density at radius 1 is 1.03 bits per heavy atom. The van der Waals surface area contributed by atoms with Gasteiger partial charge in [0.2, 0.25) is 11.7 Å². The predicted molar refractivity (Wildman–Crippen MR) is 107 cm³/mol. The molecule has 0 amide bonds. The van der Waals surface area contributed by atoms with Crippen LogP contribution in [0.5, 0.6) is 11.5 Å². The molecule has 1 aliphatic heterocycles. The number of anilines is 1. The second-order valence-electron chi connectivity index (χ2n) is 6.85. The smallest absolute Gasteiger partial charge is 0.387 e. The minimum Gasteiger partial charge on any atom is -0.497 e. The van der Waals surface area contributed by atoms with Crippen LogP contribution in [0, 0.1) is 0 Å². The van der Waals surface area contributed by atoms with Crippen molar-refractivity contribution in [1.82, 2.24) is 15.0 Å². The summed E-state index contributed by atoms with van der Waals surface area (Å²) in [6.07, 6.45) is 0. The fraction of sp³-hybridized carbons (Fsp3) is 0.333. The molecule has 0 bridgehead atoms. The number of benzene rings is 2. The third-order valence-corrected chi connectivity index (χ3v) is 4.98. The van der Waals surface area contributed by atoms with E-state index in [0.29, 0.717) is 18.0 Å². The number of methoxy groups -OCH3 is 1. The molecule has 0 N–H and O–H groups in total. The Kier molecular flexibility index (Phi) is 6.08. The van der Waals surface area contributed by atoms with E-state index in [1.165, 1.54) is 6.07 Å². The van der Waals surface area contributed by atoms with Crippen LogP contribution in [0.15, 0.2) is 53.1 Å². The summed E-state index contributed by atoms with van der Waals surface area (Å²) in [5.41, 5.74) is 1.53. The molecule has 3 aromatic rings. The van der Waals surface area contributed by atoms with Gasteiger partial charge in [0, 0.05) is 31.9 Å². The van der Waals surface area contributed by atoms with Gasteiger partial charge in [-0.1, -0.05) is 17.3 Å². The second-order valence-corrected chi connectivity index (χ2v) is 6.85. The largest absolute Gasteiger partial charge is 0.497 e. The van der Waals surface area contributed by atoms with Gasteiger partial charge in [0.05, 0.1) is 19.2 Å². The lowest BCUT2D eigenvalue weighted by Gasteiger charge is -2.35. The summed E-state index contributed by atoms with van der Waals surface area (Å²) in [6.45, 7) is 1.02. The van der Waals surface area contributed by atoms with Gasteiger partial charge in [0.25, 0.3) is 0 Å². The number of piperazine rings is 1. The van der Waals surface area contributed by atoms with Crippen LogP contribution in [-0.4, -0.2) is 54.9 Å². The highest BCUT2D eigenvalue weighted by molar-refractivity contribution is 5.63. The van der Waals surface area contributed by atoms with Crippen LogP contribution >= 0.6 is 0 Å². The number of para-hydroxylation sites is 1. The van der Waals surface area contributed by atoms with Crippen LogP contribution in [0.25, 0.3) is 11.4 Å². The summed E-state index contributed by atoms with van der Waals surface area (Å²) in [7, 11) is 1.65. The molecule has 158 valence electrons. The number of rotatable bonds is 7. The predicted octanol–water partition coefficient (Wildman–Crippen LogP) is 3.67. The third-order valence-electron chi connectivity index (χ3n) is 4.98. The molecule has 2 heterocycles. The molecule has 1 aliphatic rings. The lowest BCUT2D eigenvalue weighted by atomic mass is 10.2.